The molecule has 1 aromatic carbocycles. The predicted octanol–water partition coefficient (Wildman–Crippen LogP) is 4.20. The molecule has 1 N–H and O–H groups in total. The molecule has 20 heavy (non-hydrogen) atoms. The van der Waals surface area contributed by atoms with Gasteiger partial charge in [0.05, 0.1) is 5.69 Å². The SMILES string of the molecule is CC(C1CCOCC1)n1c(-c2ccccc2)c[nH]c1=S. The standard InChI is InChI=1S/C16H20N2OS/c1-12(13-7-9-19-10-8-13)18-15(11-17-16(18)20)14-5-3-2-4-6-14/h2-6,11-13H,7-10H2,1H3,(H,17,20). The number of H-pyrrole nitrogens is 1. The number of aromatic nitrogens is 2. The molecule has 2 aromatic rings. The molecule has 0 radical (unpaired) electrons. The van der Waals surface area contributed by atoms with Crippen LogP contribution in [0.4, 0.5) is 0 Å². The van der Waals surface area contributed by atoms with Gasteiger partial charge in [0.25, 0.3) is 0 Å². The van der Waals surface area contributed by atoms with Gasteiger partial charge in [0.1, 0.15) is 0 Å². The van der Waals surface area contributed by atoms with E-state index in [4.69, 9.17) is 17.0 Å². The third-order valence-corrected chi connectivity index (χ3v) is 4.55. The number of aromatic amines is 1. The van der Waals surface area contributed by atoms with Crippen molar-refractivity contribution in [3.05, 3.63) is 41.3 Å². The van der Waals surface area contributed by atoms with E-state index in [9.17, 15) is 0 Å². The van der Waals surface area contributed by atoms with Crippen molar-refractivity contribution >= 4 is 12.2 Å². The molecular formula is C16H20N2OS. The van der Waals surface area contributed by atoms with Crippen LogP contribution in [0.3, 0.4) is 0 Å². The number of nitrogens with zero attached hydrogens (tertiary/aromatic N) is 1. The quantitative estimate of drug-likeness (QED) is 0.858. The highest BCUT2D eigenvalue weighted by molar-refractivity contribution is 7.71. The van der Waals surface area contributed by atoms with Crippen molar-refractivity contribution in [2.75, 3.05) is 13.2 Å². The van der Waals surface area contributed by atoms with Gasteiger partial charge < -0.3 is 14.3 Å². The van der Waals surface area contributed by atoms with Gasteiger partial charge in [-0.3, -0.25) is 0 Å². The molecule has 1 aromatic heterocycles. The van der Waals surface area contributed by atoms with E-state index in [1.54, 1.807) is 0 Å². The van der Waals surface area contributed by atoms with Crippen LogP contribution < -0.4 is 0 Å². The Hall–Kier alpha value is -1.39. The van der Waals surface area contributed by atoms with Crippen LogP contribution in [0.15, 0.2) is 36.5 Å². The molecule has 0 spiro atoms. The third kappa shape index (κ3) is 2.58. The Balaban J connectivity index is 1.96. The summed E-state index contributed by atoms with van der Waals surface area (Å²) in [6.07, 6.45) is 4.25. The summed E-state index contributed by atoms with van der Waals surface area (Å²) in [7, 11) is 0. The Kier molecular flexibility index (Phi) is 4.03. The summed E-state index contributed by atoms with van der Waals surface area (Å²) in [5.74, 6) is 0.633. The van der Waals surface area contributed by atoms with Crippen LogP contribution in [0.5, 0.6) is 0 Å². The maximum absolute atomic E-state index is 5.49. The minimum atomic E-state index is 0.396. The second kappa shape index (κ2) is 5.94. The fourth-order valence-corrected chi connectivity index (χ4v) is 3.35. The highest BCUT2D eigenvalue weighted by Crippen LogP contribution is 2.32. The Bertz CT molecular complexity index is 611. The zero-order valence-corrected chi connectivity index (χ0v) is 12.5. The Morgan fingerprint density at radius 1 is 1.25 bits per heavy atom. The first-order valence-electron chi connectivity index (χ1n) is 7.20. The zero-order valence-electron chi connectivity index (χ0n) is 11.7. The van der Waals surface area contributed by atoms with Crippen molar-refractivity contribution in [1.82, 2.24) is 9.55 Å². The molecular weight excluding hydrogens is 268 g/mol. The maximum Gasteiger partial charge on any atom is 0.177 e. The number of ether oxygens (including phenoxy) is 1. The molecule has 1 fully saturated rings. The second-order valence-corrected chi connectivity index (χ2v) is 5.79. The molecule has 1 atom stereocenters. The molecule has 106 valence electrons. The summed E-state index contributed by atoms with van der Waals surface area (Å²) in [5, 5.41) is 0. The topological polar surface area (TPSA) is 29.9 Å². The van der Waals surface area contributed by atoms with E-state index in [2.05, 4.69) is 40.7 Å². The van der Waals surface area contributed by atoms with Gasteiger partial charge in [0.2, 0.25) is 0 Å². The smallest absolute Gasteiger partial charge is 0.177 e. The first-order chi connectivity index (χ1) is 9.77. The van der Waals surface area contributed by atoms with Crippen molar-refractivity contribution in [3.8, 4) is 11.3 Å². The van der Waals surface area contributed by atoms with Crippen LogP contribution in [-0.4, -0.2) is 22.8 Å². The molecule has 1 unspecified atom stereocenters. The lowest BCUT2D eigenvalue weighted by Gasteiger charge is -2.29. The van der Waals surface area contributed by atoms with Crippen molar-refractivity contribution in [1.29, 1.82) is 0 Å². The average Bonchev–Trinajstić information content (AvgIpc) is 2.90. The van der Waals surface area contributed by atoms with Gasteiger partial charge in [0, 0.05) is 25.5 Å². The molecule has 3 rings (SSSR count). The van der Waals surface area contributed by atoms with Gasteiger partial charge in [-0.15, -0.1) is 0 Å². The molecule has 3 nitrogen and oxygen atoms in total. The molecule has 4 heteroatoms. The van der Waals surface area contributed by atoms with E-state index in [0.29, 0.717) is 12.0 Å². The fourth-order valence-electron chi connectivity index (χ4n) is 3.02. The van der Waals surface area contributed by atoms with Gasteiger partial charge in [0.15, 0.2) is 4.77 Å². The third-order valence-electron chi connectivity index (χ3n) is 4.24. The Morgan fingerprint density at radius 2 is 1.95 bits per heavy atom. The number of nitrogens with one attached hydrogen (secondary N) is 1. The van der Waals surface area contributed by atoms with Gasteiger partial charge in [-0.25, -0.2) is 0 Å². The fraction of sp³-hybridized carbons (Fsp3) is 0.438. The van der Waals surface area contributed by atoms with E-state index in [-0.39, 0.29) is 0 Å². The number of hydrogen-bond donors (Lipinski definition) is 1. The molecule has 0 amide bonds. The molecule has 1 saturated heterocycles. The summed E-state index contributed by atoms with van der Waals surface area (Å²) >= 11 is 5.49. The lowest BCUT2D eigenvalue weighted by Crippen LogP contribution is -2.24. The first kappa shape index (κ1) is 13.6. The van der Waals surface area contributed by atoms with Gasteiger partial charge >= 0.3 is 0 Å². The van der Waals surface area contributed by atoms with Crippen LogP contribution in [0.1, 0.15) is 25.8 Å². The largest absolute Gasteiger partial charge is 0.381 e. The molecule has 2 heterocycles. The number of imidazole rings is 1. The van der Waals surface area contributed by atoms with Crippen molar-refractivity contribution in [3.63, 3.8) is 0 Å². The summed E-state index contributed by atoms with van der Waals surface area (Å²) in [6, 6.07) is 10.8. The van der Waals surface area contributed by atoms with Crippen molar-refractivity contribution in [2.24, 2.45) is 5.92 Å². The van der Waals surface area contributed by atoms with Crippen LogP contribution in [0.2, 0.25) is 0 Å². The molecule has 0 bridgehead atoms. The minimum absolute atomic E-state index is 0.396. The van der Waals surface area contributed by atoms with Crippen molar-refractivity contribution < 1.29 is 4.74 Å². The van der Waals surface area contributed by atoms with Gasteiger partial charge in [-0.1, -0.05) is 30.3 Å². The highest BCUT2D eigenvalue weighted by Gasteiger charge is 2.24. The summed E-state index contributed by atoms with van der Waals surface area (Å²) in [4.78, 5) is 3.20. The van der Waals surface area contributed by atoms with E-state index < -0.39 is 0 Å². The molecule has 0 saturated carbocycles. The van der Waals surface area contributed by atoms with Crippen molar-refractivity contribution in [2.45, 2.75) is 25.8 Å². The summed E-state index contributed by atoms with van der Waals surface area (Å²) in [6.45, 7) is 4.01. The Labute approximate surface area is 124 Å². The van der Waals surface area contributed by atoms with E-state index in [1.807, 2.05) is 12.3 Å². The second-order valence-electron chi connectivity index (χ2n) is 5.41. The highest BCUT2D eigenvalue weighted by atomic mass is 32.1. The normalized spacial score (nSPS) is 18.1. The van der Waals surface area contributed by atoms with Crippen LogP contribution in [0.25, 0.3) is 11.3 Å². The number of rotatable bonds is 3. The monoisotopic (exact) mass is 288 g/mol. The lowest BCUT2D eigenvalue weighted by atomic mass is 9.92. The van der Waals surface area contributed by atoms with Crippen LogP contribution >= 0.6 is 12.2 Å². The zero-order chi connectivity index (χ0) is 13.9. The molecule has 1 aliphatic heterocycles. The van der Waals surface area contributed by atoms with Gasteiger partial charge in [-0.05, 0) is 43.5 Å². The summed E-state index contributed by atoms with van der Waals surface area (Å²) in [5.41, 5.74) is 2.38. The van der Waals surface area contributed by atoms with Gasteiger partial charge in [-0.2, -0.15) is 0 Å². The first-order valence-corrected chi connectivity index (χ1v) is 7.61. The van der Waals surface area contributed by atoms with E-state index in [1.165, 1.54) is 11.3 Å². The minimum Gasteiger partial charge on any atom is -0.381 e. The summed E-state index contributed by atoms with van der Waals surface area (Å²) < 4.78 is 8.54. The Morgan fingerprint density at radius 3 is 2.65 bits per heavy atom. The van der Waals surface area contributed by atoms with E-state index in [0.717, 1.165) is 30.8 Å². The maximum atomic E-state index is 5.49. The molecule has 1 aliphatic rings. The van der Waals surface area contributed by atoms with Crippen LogP contribution in [0, 0.1) is 10.7 Å². The number of benzene rings is 1. The number of hydrogen-bond acceptors (Lipinski definition) is 2. The lowest BCUT2D eigenvalue weighted by molar-refractivity contribution is 0.0514. The van der Waals surface area contributed by atoms with E-state index >= 15 is 0 Å². The predicted molar refractivity (Wildman–Crippen MR) is 83.3 cm³/mol. The average molecular weight is 288 g/mol. The van der Waals surface area contributed by atoms with Crippen LogP contribution in [-0.2, 0) is 4.74 Å². The molecule has 0 aliphatic carbocycles.